The summed E-state index contributed by atoms with van der Waals surface area (Å²) in [6.45, 7) is 9.83. The van der Waals surface area contributed by atoms with E-state index < -0.39 is 0 Å². The Morgan fingerprint density at radius 3 is 2.25 bits per heavy atom. The van der Waals surface area contributed by atoms with Gasteiger partial charge in [-0.3, -0.25) is 0 Å². The van der Waals surface area contributed by atoms with Gasteiger partial charge < -0.3 is 15.5 Å². The van der Waals surface area contributed by atoms with Crippen LogP contribution in [0.1, 0.15) is 26.3 Å². The van der Waals surface area contributed by atoms with Crippen LogP contribution in [0.4, 0.5) is 5.69 Å². The molecule has 1 atom stereocenters. The molecule has 0 amide bonds. The van der Waals surface area contributed by atoms with E-state index in [1.54, 1.807) is 0 Å². The Morgan fingerprint density at radius 1 is 1.05 bits per heavy atom. The van der Waals surface area contributed by atoms with Crippen LogP contribution in [0.15, 0.2) is 24.3 Å². The van der Waals surface area contributed by atoms with Crippen LogP contribution in [-0.2, 0) is 6.42 Å². The van der Waals surface area contributed by atoms with Gasteiger partial charge >= 0.3 is 0 Å². The second-order valence-corrected chi connectivity index (χ2v) is 6.45. The minimum Gasteiger partial charge on any atom is -0.370 e. The second kappa shape index (κ2) is 8.28. The van der Waals surface area contributed by atoms with E-state index in [-0.39, 0.29) is 6.04 Å². The van der Waals surface area contributed by atoms with Crippen LogP contribution in [0.2, 0.25) is 0 Å². The maximum absolute atomic E-state index is 5.99. The number of anilines is 1. The van der Waals surface area contributed by atoms with E-state index in [2.05, 4.69) is 68.9 Å². The summed E-state index contributed by atoms with van der Waals surface area (Å²) < 4.78 is 0. The lowest BCUT2D eigenvalue weighted by molar-refractivity contribution is 0.409. The summed E-state index contributed by atoms with van der Waals surface area (Å²) in [4.78, 5) is 4.74. The molecular weight excluding hydrogens is 246 g/mol. The molecule has 1 aromatic rings. The van der Waals surface area contributed by atoms with Crippen LogP contribution in [0.3, 0.4) is 0 Å². The van der Waals surface area contributed by atoms with Crippen LogP contribution in [-0.4, -0.2) is 44.7 Å². The summed E-state index contributed by atoms with van der Waals surface area (Å²) in [6.07, 6.45) is 0.937. The van der Waals surface area contributed by atoms with Crippen molar-refractivity contribution in [3.8, 4) is 0 Å². The fraction of sp³-hybridized carbons (Fsp3) is 0.647. The van der Waals surface area contributed by atoms with E-state index in [1.165, 1.54) is 11.3 Å². The average molecular weight is 277 g/mol. The zero-order valence-electron chi connectivity index (χ0n) is 13.8. The van der Waals surface area contributed by atoms with Crippen molar-refractivity contribution in [3.63, 3.8) is 0 Å². The predicted molar refractivity (Wildman–Crippen MR) is 89.4 cm³/mol. The molecule has 1 unspecified atom stereocenters. The first-order valence-electron chi connectivity index (χ1n) is 7.63. The number of para-hydroxylation sites is 1. The highest BCUT2D eigenvalue weighted by atomic mass is 15.2. The Hall–Kier alpha value is -1.06. The number of nitrogens with two attached hydrogens (primary N) is 1. The lowest BCUT2D eigenvalue weighted by Crippen LogP contribution is -2.35. The van der Waals surface area contributed by atoms with Gasteiger partial charge in [-0.05, 0) is 45.0 Å². The Balaban J connectivity index is 2.93. The summed E-state index contributed by atoms with van der Waals surface area (Å²) in [5.41, 5.74) is 8.70. The molecule has 0 aliphatic heterocycles. The molecule has 1 rings (SSSR count). The number of hydrogen-bond acceptors (Lipinski definition) is 3. The van der Waals surface area contributed by atoms with Gasteiger partial charge in [0, 0.05) is 31.4 Å². The third kappa shape index (κ3) is 5.93. The Kier molecular flexibility index (Phi) is 7.03. The van der Waals surface area contributed by atoms with Crippen molar-refractivity contribution in [3.05, 3.63) is 29.8 Å². The number of hydrogen-bond donors (Lipinski definition) is 1. The van der Waals surface area contributed by atoms with E-state index in [1.807, 2.05) is 0 Å². The molecular formula is C17H31N3. The van der Waals surface area contributed by atoms with Gasteiger partial charge in [-0.2, -0.15) is 0 Å². The summed E-state index contributed by atoms with van der Waals surface area (Å²) in [5.74, 6) is 0.653. The van der Waals surface area contributed by atoms with Crippen molar-refractivity contribution in [1.82, 2.24) is 4.90 Å². The Bertz CT molecular complexity index is 386. The molecule has 0 aliphatic carbocycles. The quantitative estimate of drug-likeness (QED) is 0.793. The molecule has 0 saturated carbocycles. The molecule has 0 saturated heterocycles. The largest absolute Gasteiger partial charge is 0.370 e. The molecule has 3 heteroatoms. The van der Waals surface area contributed by atoms with Crippen LogP contribution in [0, 0.1) is 5.92 Å². The molecule has 0 heterocycles. The Morgan fingerprint density at radius 2 is 1.70 bits per heavy atom. The standard InChI is InChI=1S/C17H31N3/c1-14(2)13-20(11-10-19(4)5)17-9-7-6-8-16(17)12-15(3)18/h6-9,14-15H,10-13,18H2,1-5H3. The van der Waals surface area contributed by atoms with Crippen LogP contribution >= 0.6 is 0 Å². The van der Waals surface area contributed by atoms with Crippen LogP contribution in [0.5, 0.6) is 0 Å². The minimum atomic E-state index is 0.200. The molecule has 20 heavy (non-hydrogen) atoms. The third-order valence-electron chi connectivity index (χ3n) is 3.28. The molecule has 2 N–H and O–H groups in total. The Labute approximate surface area is 124 Å². The van der Waals surface area contributed by atoms with Crippen LogP contribution in [0.25, 0.3) is 0 Å². The second-order valence-electron chi connectivity index (χ2n) is 6.45. The van der Waals surface area contributed by atoms with Crippen molar-refractivity contribution in [2.45, 2.75) is 33.2 Å². The van der Waals surface area contributed by atoms with E-state index in [9.17, 15) is 0 Å². The zero-order chi connectivity index (χ0) is 15.1. The third-order valence-corrected chi connectivity index (χ3v) is 3.28. The van der Waals surface area contributed by atoms with Crippen molar-refractivity contribution in [1.29, 1.82) is 0 Å². The van der Waals surface area contributed by atoms with Gasteiger partial charge in [0.1, 0.15) is 0 Å². The summed E-state index contributed by atoms with van der Waals surface area (Å²) in [7, 11) is 4.25. The van der Waals surface area contributed by atoms with Gasteiger partial charge in [-0.15, -0.1) is 0 Å². The fourth-order valence-corrected chi connectivity index (χ4v) is 2.41. The molecule has 1 aromatic carbocycles. The molecule has 0 spiro atoms. The highest BCUT2D eigenvalue weighted by molar-refractivity contribution is 5.54. The van der Waals surface area contributed by atoms with E-state index in [4.69, 9.17) is 5.73 Å². The lowest BCUT2D eigenvalue weighted by Gasteiger charge is -2.30. The summed E-state index contributed by atoms with van der Waals surface area (Å²) in [5, 5.41) is 0. The van der Waals surface area contributed by atoms with E-state index in [0.29, 0.717) is 5.92 Å². The fourth-order valence-electron chi connectivity index (χ4n) is 2.41. The van der Waals surface area contributed by atoms with Gasteiger partial charge in [-0.25, -0.2) is 0 Å². The van der Waals surface area contributed by atoms with Crippen molar-refractivity contribution in [2.24, 2.45) is 11.7 Å². The predicted octanol–water partition coefficient (Wildman–Crippen LogP) is 2.60. The van der Waals surface area contributed by atoms with Crippen molar-refractivity contribution < 1.29 is 0 Å². The van der Waals surface area contributed by atoms with E-state index >= 15 is 0 Å². The zero-order valence-corrected chi connectivity index (χ0v) is 13.8. The highest BCUT2D eigenvalue weighted by Crippen LogP contribution is 2.22. The van der Waals surface area contributed by atoms with Gasteiger partial charge in [-0.1, -0.05) is 32.0 Å². The van der Waals surface area contributed by atoms with Crippen molar-refractivity contribution >= 4 is 5.69 Å². The maximum Gasteiger partial charge on any atom is 0.0399 e. The summed E-state index contributed by atoms with van der Waals surface area (Å²) >= 11 is 0. The topological polar surface area (TPSA) is 32.5 Å². The molecule has 114 valence electrons. The SMILES string of the molecule is CC(C)CN(CCN(C)C)c1ccccc1CC(C)N. The molecule has 3 nitrogen and oxygen atoms in total. The van der Waals surface area contributed by atoms with Gasteiger partial charge in [0.25, 0.3) is 0 Å². The van der Waals surface area contributed by atoms with Crippen molar-refractivity contribution in [2.75, 3.05) is 38.6 Å². The first-order valence-corrected chi connectivity index (χ1v) is 7.63. The van der Waals surface area contributed by atoms with Gasteiger partial charge in [0.05, 0.1) is 0 Å². The number of likely N-dealkylation sites (N-methyl/N-ethyl adjacent to an activating group) is 1. The van der Waals surface area contributed by atoms with Crippen LogP contribution < -0.4 is 10.6 Å². The summed E-state index contributed by atoms with van der Waals surface area (Å²) in [6, 6.07) is 8.88. The van der Waals surface area contributed by atoms with Gasteiger partial charge in [0.15, 0.2) is 0 Å². The molecule has 0 aliphatic rings. The molecule has 0 fully saturated rings. The lowest BCUT2D eigenvalue weighted by atomic mass is 10.0. The average Bonchev–Trinajstić information content (AvgIpc) is 2.34. The monoisotopic (exact) mass is 277 g/mol. The molecule has 0 aromatic heterocycles. The van der Waals surface area contributed by atoms with Gasteiger partial charge in [0.2, 0.25) is 0 Å². The number of rotatable bonds is 8. The normalized spacial score (nSPS) is 13.0. The number of nitrogens with zero attached hydrogens (tertiary/aromatic N) is 2. The first kappa shape index (κ1) is 17.0. The molecule has 0 bridgehead atoms. The maximum atomic E-state index is 5.99. The first-order chi connectivity index (χ1) is 9.40. The smallest absolute Gasteiger partial charge is 0.0399 e. The number of benzene rings is 1. The molecule has 0 radical (unpaired) electrons. The highest BCUT2D eigenvalue weighted by Gasteiger charge is 2.13. The minimum absolute atomic E-state index is 0.200. The van der Waals surface area contributed by atoms with E-state index in [0.717, 1.165) is 26.1 Å².